The van der Waals surface area contributed by atoms with E-state index in [2.05, 4.69) is 6.92 Å². The van der Waals surface area contributed by atoms with Crippen LogP contribution in [0.15, 0.2) is 0 Å². The lowest BCUT2D eigenvalue weighted by Gasteiger charge is -2.34. The molecule has 2 N–H and O–H groups in total. The zero-order valence-corrected chi connectivity index (χ0v) is 11.9. The first-order chi connectivity index (χ1) is 8.58. The number of rotatable bonds is 3. The van der Waals surface area contributed by atoms with Gasteiger partial charge < -0.3 is 10.6 Å². The Morgan fingerprint density at radius 1 is 1.22 bits per heavy atom. The van der Waals surface area contributed by atoms with Crippen LogP contribution in [0.5, 0.6) is 0 Å². The summed E-state index contributed by atoms with van der Waals surface area (Å²) >= 11 is 0. The lowest BCUT2D eigenvalue weighted by Crippen LogP contribution is -2.42. The van der Waals surface area contributed by atoms with E-state index < -0.39 is 0 Å². The summed E-state index contributed by atoms with van der Waals surface area (Å²) in [5, 5.41) is 0. The largest absolute Gasteiger partial charge is 0.345 e. The van der Waals surface area contributed by atoms with E-state index >= 15 is 0 Å². The van der Waals surface area contributed by atoms with E-state index in [1.807, 2.05) is 11.9 Å². The molecular formula is C15H28N2O. The van der Waals surface area contributed by atoms with Crippen molar-refractivity contribution in [1.82, 2.24) is 4.90 Å². The van der Waals surface area contributed by atoms with Crippen LogP contribution in [0.3, 0.4) is 0 Å². The van der Waals surface area contributed by atoms with E-state index in [-0.39, 0.29) is 5.92 Å². The molecule has 3 unspecified atom stereocenters. The first-order valence-corrected chi connectivity index (χ1v) is 7.58. The Kier molecular flexibility index (Phi) is 4.66. The van der Waals surface area contributed by atoms with Crippen LogP contribution in [0.2, 0.25) is 0 Å². The van der Waals surface area contributed by atoms with Crippen LogP contribution in [-0.2, 0) is 4.79 Å². The van der Waals surface area contributed by atoms with Crippen molar-refractivity contribution in [3.05, 3.63) is 0 Å². The standard InChI is InChI=1S/C15H28N2O/c1-11-9-13(7-8-14(11)16)15(18)17(2)10-12-5-3-4-6-12/h11-14H,3-10,16H2,1-2H3. The van der Waals surface area contributed by atoms with Crippen molar-refractivity contribution >= 4 is 5.91 Å². The summed E-state index contributed by atoms with van der Waals surface area (Å²) in [7, 11) is 1.99. The molecule has 104 valence electrons. The minimum atomic E-state index is 0.228. The van der Waals surface area contributed by atoms with Gasteiger partial charge in [0.05, 0.1) is 0 Å². The maximum Gasteiger partial charge on any atom is 0.225 e. The minimum absolute atomic E-state index is 0.228. The molecule has 0 bridgehead atoms. The predicted molar refractivity (Wildman–Crippen MR) is 74.1 cm³/mol. The summed E-state index contributed by atoms with van der Waals surface area (Å²) in [6.45, 7) is 3.15. The quantitative estimate of drug-likeness (QED) is 0.838. The Bertz CT molecular complexity index is 286. The summed E-state index contributed by atoms with van der Waals surface area (Å²) in [4.78, 5) is 14.4. The summed E-state index contributed by atoms with van der Waals surface area (Å²) in [5.74, 6) is 1.83. The van der Waals surface area contributed by atoms with E-state index in [1.165, 1.54) is 25.7 Å². The number of carbonyl (C=O) groups excluding carboxylic acids is 1. The molecule has 0 spiro atoms. The maximum absolute atomic E-state index is 12.4. The lowest BCUT2D eigenvalue weighted by molar-refractivity contribution is -0.136. The van der Waals surface area contributed by atoms with Crippen LogP contribution in [0.25, 0.3) is 0 Å². The van der Waals surface area contributed by atoms with Gasteiger partial charge in [-0.05, 0) is 43.9 Å². The lowest BCUT2D eigenvalue weighted by atomic mass is 9.78. The minimum Gasteiger partial charge on any atom is -0.345 e. The average molecular weight is 252 g/mol. The zero-order valence-electron chi connectivity index (χ0n) is 11.9. The van der Waals surface area contributed by atoms with Crippen LogP contribution in [0.4, 0.5) is 0 Å². The number of nitrogens with two attached hydrogens (primary N) is 1. The van der Waals surface area contributed by atoms with E-state index in [4.69, 9.17) is 5.73 Å². The number of nitrogens with zero attached hydrogens (tertiary/aromatic N) is 1. The van der Waals surface area contributed by atoms with Crippen molar-refractivity contribution in [3.63, 3.8) is 0 Å². The molecule has 1 amide bonds. The molecule has 0 aromatic rings. The molecule has 18 heavy (non-hydrogen) atoms. The molecule has 2 fully saturated rings. The molecule has 2 rings (SSSR count). The molecule has 0 aromatic heterocycles. The maximum atomic E-state index is 12.4. The van der Waals surface area contributed by atoms with E-state index in [0.717, 1.165) is 31.7 Å². The summed E-state index contributed by atoms with van der Waals surface area (Å²) in [6, 6.07) is 0.300. The van der Waals surface area contributed by atoms with E-state index in [1.54, 1.807) is 0 Å². The van der Waals surface area contributed by atoms with Crippen molar-refractivity contribution in [2.24, 2.45) is 23.5 Å². The fourth-order valence-electron chi connectivity index (χ4n) is 3.63. The fourth-order valence-corrected chi connectivity index (χ4v) is 3.63. The van der Waals surface area contributed by atoms with Crippen LogP contribution >= 0.6 is 0 Å². The average Bonchev–Trinajstić information content (AvgIpc) is 2.84. The SMILES string of the molecule is CC1CC(C(=O)N(C)CC2CCCC2)CCC1N. The van der Waals surface area contributed by atoms with Gasteiger partial charge in [0.2, 0.25) is 5.91 Å². The van der Waals surface area contributed by atoms with Gasteiger partial charge in [-0.15, -0.1) is 0 Å². The molecule has 0 aliphatic heterocycles. The molecule has 3 nitrogen and oxygen atoms in total. The fraction of sp³-hybridized carbons (Fsp3) is 0.933. The number of carbonyl (C=O) groups is 1. The Balaban J connectivity index is 1.82. The Morgan fingerprint density at radius 2 is 1.89 bits per heavy atom. The van der Waals surface area contributed by atoms with Gasteiger partial charge in [-0.2, -0.15) is 0 Å². The van der Waals surface area contributed by atoms with Crippen molar-refractivity contribution in [1.29, 1.82) is 0 Å². The molecular weight excluding hydrogens is 224 g/mol. The van der Waals surface area contributed by atoms with E-state index in [9.17, 15) is 4.79 Å². The van der Waals surface area contributed by atoms with Crippen molar-refractivity contribution in [3.8, 4) is 0 Å². The van der Waals surface area contributed by atoms with Crippen LogP contribution in [0, 0.1) is 17.8 Å². The van der Waals surface area contributed by atoms with Gasteiger partial charge in [0.1, 0.15) is 0 Å². The highest BCUT2D eigenvalue weighted by Crippen LogP contribution is 2.30. The third kappa shape index (κ3) is 3.25. The zero-order chi connectivity index (χ0) is 13.1. The first kappa shape index (κ1) is 13.9. The molecule has 0 radical (unpaired) electrons. The molecule has 0 saturated heterocycles. The summed E-state index contributed by atoms with van der Waals surface area (Å²) < 4.78 is 0. The monoisotopic (exact) mass is 252 g/mol. The second-order valence-electron chi connectivity index (χ2n) is 6.52. The van der Waals surface area contributed by atoms with Crippen LogP contribution < -0.4 is 5.73 Å². The van der Waals surface area contributed by atoms with Gasteiger partial charge in [0, 0.05) is 25.6 Å². The Labute approximate surface area is 111 Å². The molecule has 2 aliphatic rings. The van der Waals surface area contributed by atoms with Crippen LogP contribution in [0.1, 0.15) is 51.9 Å². The number of hydrogen-bond acceptors (Lipinski definition) is 2. The van der Waals surface area contributed by atoms with Crippen LogP contribution in [-0.4, -0.2) is 30.4 Å². The van der Waals surface area contributed by atoms with Crippen molar-refractivity contribution in [2.45, 2.75) is 57.9 Å². The normalized spacial score (nSPS) is 33.6. The highest BCUT2D eigenvalue weighted by Gasteiger charge is 2.31. The number of hydrogen-bond donors (Lipinski definition) is 1. The highest BCUT2D eigenvalue weighted by molar-refractivity contribution is 5.78. The highest BCUT2D eigenvalue weighted by atomic mass is 16.2. The van der Waals surface area contributed by atoms with Gasteiger partial charge in [0.15, 0.2) is 0 Å². The summed E-state index contributed by atoms with van der Waals surface area (Å²) in [5.41, 5.74) is 6.02. The second kappa shape index (κ2) is 6.05. The Hall–Kier alpha value is -0.570. The molecule has 0 aromatic carbocycles. The van der Waals surface area contributed by atoms with Crippen molar-refractivity contribution < 1.29 is 4.79 Å². The van der Waals surface area contributed by atoms with Gasteiger partial charge in [0.25, 0.3) is 0 Å². The summed E-state index contributed by atoms with van der Waals surface area (Å²) in [6.07, 6.45) is 8.29. The third-order valence-electron chi connectivity index (χ3n) is 4.97. The molecule has 0 heterocycles. The predicted octanol–water partition coefficient (Wildman–Crippen LogP) is 2.40. The molecule has 3 atom stereocenters. The van der Waals surface area contributed by atoms with Gasteiger partial charge in [-0.3, -0.25) is 4.79 Å². The smallest absolute Gasteiger partial charge is 0.225 e. The van der Waals surface area contributed by atoms with Gasteiger partial charge in [-0.25, -0.2) is 0 Å². The third-order valence-corrected chi connectivity index (χ3v) is 4.97. The Morgan fingerprint density at radius 3 is 2.50 bits per heavy atom. The van der Waals surface area contributed by atoms with Gasteiger partial charge >= 0.3 is 0 Å². The molecule has 2 saturated carbocycles. The second-order valence-corrected chi connectivity index (χ2v) is 6.52. The molecule has 3 heteroatoms. The molecule has 2 aliphatic carbocycles. The van der Waals surface area contributed by atoms with E-state index in [0.29, 0.717) is 17.9 Å². The first-order valence-electron chi connectivity index (χ1n) is 7.58. The number of amides is 1. The topological polar surface area (TPSA) is 46.3 Å². The van der Waals surface area contributed by atoms with Gasteiger partial charge in [-0.1, -0.05) is 19.8 Å². The van der Waals surface area contributed by atoms with Crippen molar-refractivity contribution in [2.75, 3.05) is 13.6 Å².